The van der Waals surface area contributed by atoms with Gasteiger partial charge in [-0.2, -0.15) is 0 Å². The van der Waals surface area contributed by atoms with E-state index in [9.17, 15) is 0 Å². The van der Waals surface area contributed by atoms with E-state index in [1.165, 1.54) is 12.8 Å². The lowest BCUT2D eigenvalue weighted by Gasteiger charge is -2.16. The lowest BCUT2D eigenvalue weighted by Crippen LogP contribution is -2.11. The van der Waals surface area contributed by atoms with Gasteiger partial charge >= 0.3 is 0 Å². The minimum Gasteiger partial charge on any atom is -0.493 e. The van der Waals surface area contributed by atoms with Crippen LogP contribution >= 0.6 is 0 Å². The summed E-state index contributed by atoms with van der Waals surface area (Å²) >= 11 is 0. The molecule has 2 aromatic carbocycles. The Labute approximate surface area is 132 Å². The quantitative estimate of drug-likeness (QED) is 0.837. The fraction of sp³-hybridized carbons (Fsp3) is 0.368. The molecule has 0 aliphatic heterocycles. The van der Waals surface area contributed by atoms with Crippen LogP contribution in [0.3, 0.4) is 0 Å². The number of methoxy groups -OCH3 is 1. The number of rotatable bonds is 7. The lowest BCUT2D eigenvalue weighted by atomic mass is 10.0. The molecule has 1 aliphatic rings. The zero-order valence-corrected chi connectivity index (χ0v) is 13.0. The Bertz CT molecular complexity index is 608. The van der Waals surface area contributed by atoms with E-state index in [-0.39, 0.29) is 6.04 Å². The topological polar surface area (TPSA) is 44.5 Å². The van der Waals surface area contributed by atoms with Gasteiger partial charge in [-0.05, 0) is 35.6 Å². The molecular weight excluding hydrogens is 274 g/mol. The standard InChI is InChI=1S/C19H23NO2/c1-21-19-12-16(17(20)11-14-7-8-14)9-10-18(19)22-13-15-5-3-2-4-6-15/h2-6,9-10,12,14,17H,7-8,11,13,20H2,1H3/t17-/m0/s1. The van der Waals surface area contributed by atoms with Gasteiger partial charge in [-0.25, -0.2) is 0 Å². The Morgan fingerprint density at radius 1 is 1.09 bits per heavy atom. The van der Waals surface area contributed by atoms with E-state index in [4.69, 9.17) is 15.2 Å². The maximum atomic E-state index is 6.28. The van der Waals surface area contributed by atoms with Gasteiger partial charge in [-0.1, -0.05) is 49.2 Å². The molecule has 3 heteroatoms. The van der Waals surface area contributed by atoms with E-state index >= 15 is 0 Å². The van der Waals surface area contributed by atoms with Crippen LogP contribution in [0.1, 0.15) is 36.4 Å². The zero-order chi connectivity index (χ0) is 15.4. The highest BCUT2D eigenvalue weighted by molar-refractivity contribution is 5.44. The maximum Gasteiger partial charge on any atom is 0.161 e. The second-order valence-corrected chi connectivity index (χ2v) is 5.97. The average Bonchev–Trinajstić information content (AvgIpc) is 3.37. The van der Waals surface area contributed by atoms with Crippen molar-refractivity contribution < 1.29 is 9.47 Å². The van der Waals surface area contributed by atoms with Crippen molar-refractivity contribution in [2.45, 2.75) is 31.9 Å². The monoisotopic (exact) mass is 297 g/mol. The summed E-state index contributed by atoms with van der Waals surface area (Å²) in [5.74, 6) is 2.32. The van der Waals surface area contributed by atoms with Gasteiger partial charge in [0.05, 0.1) is 7.11 Å². The van der Waals surface area contributed by atoms with Crippen LogP contribution < -0.4 is 15.2 Å². The van der Waals surface area contributed by atoms with Crippen molar-refractivity contribution >= 4 is 0 Å². The highest BCUT2D eigenvalue weighted by Crippen LogP contribution is 2.38. The average molecular weight is 297 g/mol. The van der Waals surface area contributed by atoms with Crippen molar-refractivity contribution in [3.8, 4) is 11.5 Å². The highest BCUT2D eigenvalue weighted by Gasteiger charge is 2.24. The molecule has 2 aromatic rings. The van der Waals surface area contributed by atoms with Gasteiger partial charge in [0.15, 0.2) is 11.5 Å². The van der Waals surface area contributed by atoms with Crippen LogP contribution in [0.25, 0.3) is 0 Å². The molecule has 1 aliphatic carbocycles. The van der Waals surface area contributed by atoms with E-state index in [1.807, 2.05) is 42.5 Å². The maximum absolute atomic E-state index is 6.28. The van der Waals surface area contributed by atoms with Crippen LogP contribution in [0.5, 0.6) is 11.5 Å². The second kappa shape index (κ2) is 6.84. The Morgan fingerprint density at radius 3 is 2.55 bits per heavy atom. The first-order valence-electron chi connectivity index (χ1n) is 7.86. The third-order valence-electron chi connectivity index (χ3n) is 4.14. The molecule has 116 valence electrons. The predicted octanol–water partition coefficient (Wildman–Crippen LogP) is 4.07. The largest absolute Gasteiger partial charge is 0.493 e. The molecule has 1 fully saturated rings. The molecule has 0 heterocycles. The summed E-state index contributed by atoms with van der Waals surface area (Å²) in [5, 5.41) is 0. The van der Waals surface area contributed by atoms with Crippen molar-refractivity contribution in [1.82, 2.24) is 0 Å². The van der Waals surface area contributed by atoms with Gasteiger partial charge in [0.1, 0.15) is 6.61 Å². The van der Waals surface area contributed by atoms with Crippen molar-refractivity contribution in [3.05, 3.63) is 59.7 Å². The Morgan fingerprint density at radius 2 is 1.86 bits per heavy atom. The first-order valence-corrected chi connectivity index (χ1v) is 7.86. The molecule has 22 heavy (non-hydrogen) atoms. The van der Waals surface area contributed by atoms with Gasteiger partial charge < -0.3 is 15.2 Å². The van der Waals surface area contributed by atoms with Gasteiger partial charge in [-0.3, -0.25) is 0 Å². The van der Waals surface area contributed by atoms with Crippen LogP contribution in [-0.2, 0) is 6.61 Å². The lowest BCUT2D eigenvalue weighted by molar-refractivity contribution is 0.284. The predicted molar refractivity (Wildman–Crippen MR) is 88.0 cm³/mol. The molecule has 3 rings (SSSR count). The summed E-state index contributed by atoms with van der Waals surface area (Å²) in [4.78, 5) is 0. The van der Waals surface area contributed by atoms with Gasteiger partial charge in [0.2, 0.25) is 0 Å². The van der Waals surface area contributed by atoms with E-state index in [1.54, 1.807) is 7.11 Å². The molecule has 3 nitrogen and oxygen atoms in total. The van der Waals surface area contributed by atoms with E-state index < -0.39 is 0 Å². The number of nitrogens with two attached hydrogens (primary N) is 1. The third-order valence-corrected chi connectivity index (χ3v) is 4.14. The van der Waals surface area contributed by atoms with Crippen molar-refractivity contribution in [3.63, 3.8) is 0 Å². The van der Waals surface area contributed by atoms with Crippen molar-refractivity contribution in [2.24, 2.45) is 11.7 Å². The third kappa shape index (κ3) is 3.80. The molecule has 0 bridgehead atoms. The Kier molecular flexibility index (Phi) is 4.64. The molecule has 0 radical (unpaired) electrons. The SMILES string of the molecule is COc1cc([C@@H](N)CC2CC2)ccc1OCc1ccccc1. The van der Waals surface area contributed by atoms with Gasteiger partial charge in [-0.15, -0.1) is 0 Å². The summed E-state index contributed by atoms with van der Waals surface area (Å²) < 4.78 is 11.3. The fourth-order valence-corrected chi connectivity index (χ4v) is 2.62. The number of hydrogen-bond acceptors (Lipinski definition) is 3. The minimum absolute atomic E-state index is 0.0876. The molecule has 0 aromatic heterocycles. The Hall–Kier alpha value is -2.00. The summed E-state index contributed by atoms with van der Waals surface area (Å²) in [6, 6.07) is 16.2. The van der Waals surface area contributed by atoms with E-state index in [0.717, 1.165) is 35.0 Å². The molecule has 2 N–H and O–H groups in total. The van der Waals surface area contributed by atoms with Crippen molar-refractivity contribution in [2.75, 3.05) is 7.11 Å². The van der Waals surface area contributed by atoms with Crippen molar-refractivity contribution in [1.29, 1.82) is 0 Å². The second-order valence-electron chi connectivity index (χ2n) is 5.97. The molecule has 1 atom stereocenters. The van der Waals surface area contributed by atoms with Crippen LogP contribution in [-0.4, -0.2) is 7.11 Å². The first-order chi connectivity index (χ1) is 10.8. The summed E-state index contributed by atoms with van der Waals surface area (Å²) in [6.07, 6.45) is 3.71. The van der Waals surface area contributed by atoms with Crippen LogP contribution in [0.15, 0.2) is 48.5 Å². The van der Waals surface area contributed by atoms with Gasteiger partial charge in [0.25, 0.3) is 0 Å². The van der Waals surface area contributed by atoms with Crippen LogP contribution in [0, 0.1) is 5.92 Å². The highest BCUT2D eigenvalue weighted by atomic mass is 16.5. The zero-order valence-electron chi connectivity index (χ0n) is 13.0. The number of hydrogen-bond donors (Lipinski definition) is 1. The Balaban J connectivity index is 1.68. The molecular formula is C19H23NO2. The normalized spacial score (nSPS) is 15.4. The summed E-state index contributed by atoms with van der Waals surface area (Å²) in [7, 11) is 1.67. The molecule has 0 unspecified atom stereocenters. The number of benzene rings is 2. The summed E-state index contributed by atoms with van der Waals surface area (Å²) in [5.41, 5.74) is 8.54. The summed E-state index contributed by atoms with van der Waals surface area (Å²) in [6.45, 7) is 0.532. The molecule has 0 amide bonds. The first kappa shape index (κ1) is 14.9. The minimum atomic E-state index is 0.0876. The smallest absolute Gasteiger partial charge is 0.161 e. The van der Waals surface area contributed by atoms with Gasteiger partial charge in [0, 0.05) is 6.04 Å². The fourth-order valence-electron chi connectivity index (χ4n) is 2.62. The van der Waals surface area contributed by atoms with E-state index in [0.29, 0.717) is 6.61 Å². The number of ether oxygens (including phenoxy) is 2. The van der Waals surface area contributed by atoms with E-state index in [2.05, 4.69) is 6.07 Å². The molecule has 1 saturated carbocycles. The molecule has 0 saturated heterocycles. The van der Waals surface area contributed by atoms with Crippen LogP contribution in [0.4, 0.5) is 0 Å². The van der Waals surface area contributed by atoms with Crippen LogP contribution in [0.2, 0.25) is 0 Å². The molecule has 0 spiro atoms.